The number of oxazole rings is 1. The molecule has 5 aromatic rings. The third-order valence-electron chi connectivity index (χ3n) is 4.85. The lowest BCUT2D eigenvalue weighted by Crippen LogP contribution is -1.86. The van der Waals surface area contributed by atoms with Gasteiger partial charge in [-0.15, -0.1) is 0 Å². The number of halogens is 2. The monoisotopic (exact) mass is 459 g/mol. The molecule has 0 saturated carbocycles. The number of aromatic nitrogens is 1. The molecule has 1 heterocycles. The van der Waals surface area contributed by atoms with E-state index in [1.165, 1.54) is 0 Å². The number of rotatable bonds is 3. The first kappa shape index (κ1) is 18.2. The zero-order valence-corrected chi connectivity index (χ0v) is 17.6. The number of nitrogens with zero attached hydrogens (tertiary/aromatic N) is 1. The fraction of sp³-hybridized carbons (Fsp3) is 0. The van der Waals surface area contributed by atoms with Gasteiger partial charge in [0, 0.05) is 10.0 Å². The highest BCUT2D eigenvalue weighted by atomic mass is 79.9. The van der Waals surface area contributed by atoms with E-state index < -0.39 is 0 Å². The molecule has 1 aromatic heterocycles. The summed E-state index contributed by atoms with van der Waals surface area (Å²) in [6.07, 6.45) is 0. The summed E-state index contributed by atoms with van der Waals surface area (Å²) in [6, 6.07) is 30.3. The molecule has 0 amide bonds. The van der Waals surface area contributed by atoms with E-state index in [1.54, 1.807) is 0 Å². The molecule has 0 atom stereocenters. The first-order valence-electron chi connectivity index (χ1n) is 9.20. The van der Waals surface area contributed by atoms with Crippen molar-refractivity contribution >= 4 is 38.6 Å². The summed E-state index contributed by atoms with van der Waals surface area (Å²) < 4.78 is 6.83. The summed E-state index contributed by atoms with van der Waals surface area (Å²) in [6.45, 7) is 0. The second-order valence-corrected chi connectivity index (χ2v) is 7.95. The summed E-state index contributed by atoms with van der Waals surface area (Å²) in [4.78, 5) is 4.61. The number of benzene rings is 4. The van der Waals surface area contributed by atoms with Crippen molar-refractivity contribution < 1.29 is 4.42 Å². The van der Waals surface area contributed by atoms with Crippen molar-refractivity contribution in [3.05, 3.63) is 100 Å². The van der Waals surface area contributed by atoms with Crippen molar-refractivity contribution in [3.8, 4) is 33.7 Å². The Kier molecular flexibility index (Phi) is 4.70. The van der Waals surface area contributed by atoms with Gasteiger partial charge in [0.1, 0.15) is 5.52 Å². The van der Waals surface area contributed by atoms with Gasteiger partial charge >= 0.3 is 0 Å². The maximum atomic E-state index is 6.55. The summed E-state index contributed by atoms with van der Waals surface area (Å²) in [5, 5.41) is 0.675. The summed E-state index contributed by atoms with van der Waals surface area (Å²) in [5.41, 5.74) is 6.82. The maximum Gasteiger partial charge on any atom is 0.227 e. The lowest BCUT2D eigenvalue weighted by Gasteiger charge is -2.11. The van der Waals surface area contributed by atoms with Gasteiger partial charge in [0.2, 0.25) is 5.89 Å². The largest absolute Gasteiger partial charge is 0.436 e. The minimum atomic E-state index is 0.611. The van der Waals surface area contributed by atoms with Crippen molar-refractivity contribution in [2.45, 2.75) is 0 Å². The van der Waals surface area contributed by atoms with E-state index in [0.29, 0.717) is 10.9 Å². The summed E-state index contributed by atoms with van der Waals surface area (Å²) >= 11 is 10.2. The molecule has 0 N–H and O–H groups in total. The van der Waals surface area contributed by atoms with E-state index in [9.17, 15) is 0 Å². The Labute approximate surface area is 181 Å². The molecule has 0 aliphatic carbocycles. The minimum absolute atomic E-state index is 0.611. The van der Waals surface area contributed by atoms with Gasteiger partial charge in [-0.1, -0.05) is 66.2 Å². The van der Waals surface area contributed by atoms with Crippen LogP contribution in [0.5, 0.6) is 0 Å². The number of hydrogen-bond donors (Lipinski definition) is 0. The maximum absolute atomic E-state index is 6.55. The highest BCUT2D eigenvalue weighted by Crippen LogP contribution is 2.39. The quantitative estimate of drug-likeness (QED) is 0.271. The van der Waals surface area contributed by atoms with Gasteiger partial charge in [-0.25, -0.2) is 4.98 Å². The summed E-state index contributed by atoms with van der Waals surface area (Å²) in [7, 11) is 0. The van der Waals surface area contributed by atoms with Crippen LogP contribution in [0.25, 0.3) is 44.8 Å². The second kappa shape index (κ2) is 7.51. The van der Waals surface area contributed by atoms with Crippen LogP contribution in [0.2, 0.25) is 5.02 Å². The van der Waals surface area contributed by atoms with E-state index in [-0.39, 0.29) is 0 Å². The van der Waals surface area contributed by atoms with Gasteiger partial charge < -0.3 is 4.42 Å². The SMILES string of the molecule is Clc1cc(-c2cccc(-c3nc4ccccc4o3)c2)cc(-c2ccccc2)c1Br. The van der Waals surface area contributed by atoms with Crippen molar-refractivity contribution in [1.29, 1.82) is 0 Å². The molecule has 0 saturated heterocycles. The lowest BCUT2D eigenvalue weighted by molar-refractivity contribution is 0.620. The van der Waals surface area contributed by atoms with Gasteiger partial charge in [0.25, 0.3) is 0 Å². The van der Waals surface area contributed by atoms with E-state index in [0.717, 1.165) is 43.4 Å². The Balaban J connectivity index is 1.61. The molecule has 0 unspecified atom stereocenters. The molecule has 2 nitrogen and oxygen atoms in total. The second-order valence-electron chi connectivity index (χ2n) is 6.75. The standard InChI is InChI=1S/C25H15BrClNO/c26-24-20(16-7-2-1-3-8-16)14-19(15-21(24)27)17-9-6-10-18(13-17)25-28-22-11-4-5-12-23(22)29-25/h1-15H. The van der Waals surface area contributed by atoms with Crippen LogP contribution in [0.3, 0.4) is 0 Å². The third kappa shape index (κ3) is 3.48. The van der Waals surface area contributed by atoms with Gasteiger partial charge in [-0.2, -0.15) is 0 Å². The van der Waals surface area contributed by atoms with Crippen LogP contribution in [-0.2, 0) is 0 Å². The highest BCUT2D eigenvalue weighted by Gasteiger charge is 2.13. The fourth-order valence-electron chi connectivity index (χ4n) is 3.41. The van der Waals surface area contributed by atoms with Gasteiger partial charge in [0.15, 0.2) is 5.58 Å². The predicted molar refractivity (Wildman–Crippen MR) is 123 cm³/mol. The molecule has 0 fully saturated rings. The molecule has 0 aliphatic heterocycles. The van der Waals surface area contributed by atoms with Crippen LogP contribution < -0.4 is 0 Å². The molecule has 0 aliphatic rings. The number of para-hydroxylation sites is 2. The van der Waals surface area contributed by atoms with Gasteiger partial charge in [-0.05, 0) is 74.6 Å². The van der Waals surface area contributed by atoms with E-state index in [2.05, 4.69) is 51.2 Å². The van der Waals surface area contributed by atoms with Crippen molar-refractivity contribution in [3.63, 3.8) is 0 Å². The Morgan fingerprint density at radius 3 is 2.24 bits per heavy atom. The fourth-order valence-corrected chi connectivity index (χ4v) is 4.09. The average Bonchev–Trinajstić information content (AvgIpc) is 3.21. The topological polar surface area (TPSA) is 26.0 Å². The first-order valence-corrected chi connectivity index (χ1v) is 10.4. The van der Waals surface area contributed by atoms with Crippen molar-refractivity contribution in [2.24, 2.45) is 0 Å². The molecular formula is C25H15BrClNO. The van der Waals surface area contributed by atoms with Crippen LogP contribution in [0, 0.1) is 0 Å². The normalized spacial score (nSPS) is 11.1. The van der Waals surface area contributed by atoms with E-state index >= 15 is 0 Å². The zero-order chi connectivity index (χ0) is 19.8. The lowest BCUT2D eigenvalue weighted by atomic mass is 9.98. The molecule has 0 radical (unpaired) electrons. The molecule has 0 spiro atoms. The van der Waals surface area contributed by atoms with Crippen LogP contribution in [0.4, 0.5) is 0 Å². The van der Waals surface area contributed by atoms with E-state index in [4.69, 9.17) is 16.0 Å². The first-order chi connectivity index (χ1) is 14.2. The van der Waals surface area contributed by atoms with Crippen molar-refractivity contribution in [2.75, 3.05) is 0 Å². The van der Waals surface area contributed by atoms with Gasteiger partial charge in [-0.3, -0.25) is 0 Å². The zero-order valence-electron chi connectivity index (χ0n) is 15.3. The Morgan fingerprint density at radius 2 is 1.41 bits per heavy atom. The molecule has 4 heteroatoms. The minimum Gasteiger partial charge on any atom is -0.436 e. The number of hydrogen-bond acceptors (Lipinski definition) is 2. The summed E-state index contributed by atoms with van der Waals surface area (Å²) in [5.74, 6) is 0.611. The third-order valence-corrected chi connectivity index (χ3v) is 6.23. The van der Waals surface area contributed by atoms with Gasteiger partial charge in [0.05, 0.1) is 5.02 Å². The number of fused-ring (bicyclic) bond motifs is 1. The average molecular weight is 461 g/mol. The predicted octanol–water partition coefficient (Wildman–Crippen LogP) is 8.24. The Hall–Kier alpha value is -2.88. The smallest absolute Gasteiger partial charge is 0.227 e. The highest BCUT2D eigenvalue weighted by molar-refractivity contribution is 9.10. The molecule has 0 bridgehead atoms. The Morgan fingerprint density at radius 1 is 0.690 bits per heavy atom. The van der Waals surface area contributed by atoms with Crippen LogP contribution >= 0.6 is 27.5 Å². The van der Waals surface area contributed by atoms with E-state index in [1.807, 2.05) is 60.7 Å². The molecule has 140 valence electrons. The molecule has 4 aromatic carbocycles. The van der Waals surface area contributed by atoms with Crippen LogP contribution in [0.1, 0.15) is 0 Å². The molecule has 5 rings (SSSR count). The molecule has 29 heavy (non-hydrogen) atoms. The molecular weight excluding hydrogens is 446 g/mol. The van der Waals surface area contributed by atoms with Crippen LogP contribution in [-0.4, -0.2) is 4.98 Å². The Bertz CT molecular complexity index is 1290. The van der Waals surface area contributed by atoms with Crippen LogP contribution in [0.15, 0.2) is 99.9 Å². The van der Waals surface area contributed by atoms with Crippen molar-refractivity contribution in [1.82, 2.24) is 4.98 Å².